The maximum atomic E-state index is 11.6. The number of carbonyl (C=O) groups excluding carboxylic acids is 1. The summed E-state index contributed by atoms with van der Waals surface area (Å²) < 4.78 is 0. The molecular formula is C9H10N4O3S. The predicted molar refractivity (Wildman–Crippen MR) is 65.4 cm³/mol. The molecule has 17 heavy (non-hydrogen) atoms. The molecule has 1 amide bonds. The molecule has 0 unspecified atom stereocenters. The van der Waals surface area contributed by atoms with E-state index in [0.29, 0.717) is 0 Å². The van der Waals surface area contributed by atoms with E-state index < -0.39 is 10.8 Å². The van der Waals surface area contributed by atoms with Gasteiger partial charge in [0.25, 0.3) is 11.6 Å². The second kappa shape index (κ2) is 5.75. The third kappa shape index (κ3) is 3.68. The van der Waals surface area contributed by atoms with E-state index in [1.807, 2.05) is 0 Å². The fourth-order valence-corrected chi connectivity index (χ4v) is 1.06. The quantitative estimate of drug-likeness (QED) is 0.400. The van der Waals surface area contributed by atoms with Crippen molar-refractivity contribution in [1.82, 2.24) is 16.2 Å². The number of hydrogen-bond acceptors (Lipinski definition) is 4. The number of nitrogens with zero attached hydrogens (tertiary/aromatic N) is 1. The Morgan fingerprint density at radius 3 is 2.71 bits per heavy atom. The number of hydrogen-bond donors (Lipinski definition) is 3. The summed E-state index contributed by atoms with van der Waals surface area (Å²) in [5.41, 5.74) is 4.76. The van der Waals surface area contributed by atoms with Gasteiger partial charge in [0, 0.05) is 24.7 Å². The molecule has 0 fully saturated rings. The van der Waals surface area contributed by atoms with Gasteiger partial charge in [0.15, 0.2) is 5.11 Å². The van der Waals surface area contributed by atoms with Crippen LogP contribution in [0.1, 0.15) is 10.4 Å². The Morgan fingerprint density at radius 1 is 1.41 bits per heavy atom. The van der Waals surface area contributed by atoms with Crippen molar-refractivity contribution in [3.63, 3.8) is 0 Å². The average Bonchev–Trinajstić information content (AvgIpc) is 2.35. The van der Waals surface area contributed by atoms with Gasteiger partial charge in [-0.05, 0) is 18.3 Å². The maximum Gasteiger partial charge on any atom is 0.270 e. The van der Waals surface area contributed by atoms with E-state index in [4.69, 9.17) is 12.2 Å². The van der Waals surface area contributed by atoms with E-state index in [1.54, 1.807) is 7.05 Å². The first kappa shape index (κ1) is 12.8. The topological polar surface area (TPSA) is 96.3 Å². The number of non-ortho nitro benzene ring substituents is 1. The van der Waals surface area contributed by atoms with Crippen LogP contribution in [0.3, 0.4) is 0 Å². The van der Waals surface area contributed by atoms with Crippen molar-refractivity contribution in [2.75, 3.05) is 7.05 Å². The van der Waals surface area contributed by atoms with Gasteiger partial charge in [0.05, 0.1) is 4.92 Å². The number of nitro benzene ring substituents is 1. The van der Waals surface area contributed by atoms with E-state index in [9.17, 15) is 14.9 Å². The standard InChI is InChI=1S/C9H10N4O3S/c1-10-9(17)12-11-8(14)6-3-2-4-7(5-6)13(15)16/h2-5H,1H3,(H,11,14)(H2,10,12,17). The number of nitrogens with one attached hydrogen (secondary N) is 3. The van der Waals surface area contributed by atoms with Gasteiger partial charge in [-0.3, -0.25) is 25.8 Å². The molecule has 0 aliphatic carbocycles. The first-order chi connectivity index (χ1) is 8.04. The van der Waals surface area contributed by atoms with Gasteiger partial charge in [-0.15, -0.1) is 0 Å². The molecule has 0 atom stereocenters. The lowest BCUT2D eigenvalue weighted by atomic mass is 10.2. The van der Waals surface area contributed by atoms with Crippen LogP contribution in [0, 0.1) is 10.1 Å². The van der Waals surface area contributed by atoms with Gasteiger partial charge < -0.3 is 5.32 Å². The van der Waals surface area contributed by atoms with E-state index >= 15 is 0 Å². The summed E-state index contributed by atoms with van der Waals surface area (Å²) in [6, 6.07) is 5.39. The Labute approximate surface area is 102 Å². The number of hydrazine groups is 1. The zero-order valence-corrected chi connectivity index (χ0v) is 9.71. The number of carbonyl (C=O) groups is 1. The summed E-state index contributed by atoms with van der Waals surface area (Å²) in [5, 5.41) is 13.4. The number of thiocarbonyl (C=S) groups is 1. The predicted octanol–water partition coefficient (Wildman–Crippen LogP) is 0.333. The van der Waals surface area contributed by atoms with E-state index in [1.165, 1.54) is 24.3 Å². The summed E-state index contributed by atoms with van der Waals surface area (Å²) in [6.07, 6.45) is 0. The summed E-state index contributed by atoms with van der Waals surface area (Å²) in [4.78, 5) is 21.5. The summed E-state index contributed by atoms with van der Waals surface area (Å²) >= 11 is 4.75. The summed E-state index contributed by atoms with van der Waals surface area (Å²) in [6.45, 7) is 0. The highest BCUT2D eigenvalue weighted by Crippen LogP contribution is 2.12. The second-order valence-corrected chi connectivity index (χ2v) is 3.37. The highest BCUT2D eigenvalue weighted by molar-refractivity contribution is 7.80. The molecule has 0 heterocycles. The smallest absolute Gasteiger partial charge is 0.270 e. The van der Waals surface area contributed by atoms with Crippen molar-refractivity contribution >= 4 is 28.9 Å². The molecule has 0 aliphatic heterocycles. The van der Waals surface area contributed by atoms with Crippen LogP contribution in [-0.4, -0.2) is 23.0 Å². The lowest BCUT2D eigenvalue weighted by molar-refractivity contribution is -0.384. The maximum absolute atomic E-state index is 11.6. The monoisotopic (exact) mass is 254 g/mol. The Bertz CT molecular complexity index is 463. The number of rotatable bonds is 2. The van der Waals surface area contributed by atoms with Crippen LogP contribution in [0.25, 0.3) is 0 Å². The Morgan fingerprint density at radius 2 is 2.12 bits per heavy atom. The minimum Gasteiger partial charge on any atom is -0.364 e. The minimum atomic E-state index is -0.567. The molecule has 0 radical (unpaired) electrons. The van der Waals surface area contributed by atoms with Crippen molar-refractivity contribution in [2.45, 2.75) is 0 Å². The molecule has 1 aromatic rings. The summed E-state index contributed by atoms with van der Waals surface area (Å²) in [5.74, 6) is -0.508. The van der Waals surface area contributed by atoms with Gasteiger partial charge in [0.1, 0.15) is 0 Å². The van der Waals surface area contributed by atoms with Gasteiger partial charge in [-0.25, -0.2) is 0 Å². The zero-order chi connectivity index (χ0) is 12.8. The minimum absolute atomic E-state index is 0.145. The number of nitro groups is 1. The molecule has 1 aromatic carbocycles. The van der Waals surface area contributed by atoms with Crippen LogP contribution in [0.2, 0.25) is 0 Å². The Balaban J connectivity index is 2.72. The van der Waals surface area contributed by atoms with Crippen LogP contribution in [0.4, 0.5) is 5.69 Å². The molecule has 0 spiro atoms. The fraction of sp³-hybridized carbons (Fsp3) is 0.111. The number of benzene rings is 1. The molecule has 0 bridgehead atoms. The van der Waals surface area contributed by atoms with E-state index in [-0.39, 0.29) is 16.4 Å². The third-order valence-corrected chi connectivity index (χ3v) is 2.14. The Hall–Kier alpha value is -2.22. The van der Waals surface area contributed by atoms with Gasteiger partial charge in [0.2, 0.25) is 0 Å². The SMILES string of the molecule is CNC(=S)NNC(=O)c1cccc([N+](=O)[O-])c1. The molecule has 90 valence electrons. The lowest BCUT2D eigenvalue weighted by Gasteiger charge is -2.08. The van der Waals surface area contributed by atoms with Crippen LogP contribution in [0.5, 0.6) is 0 Å². The highest BCUT2D eigenvalue weighted by Gasteiger charge is 2.11. The summed E-state index contributed by atoms with van der Waals surface area (Å²) in [7, 11) is 1.59. The lowest BCUT2D eigenvalue weighted by Crippen LogP contribution is -2.45. The third-order valence-electron chi connectivity index (χ3n) is 1.84. The molecule has 7 nitrogen and oxygen atoms in total. The van der Waals surface area contributed by atoms with Gasteiger partial charge >= 0.3 is 0 Å². The molecule has 0 saturated heterocycles. The normalized spacial score (nSPS) is 9.24. The molecular weight excluding hydrogens is 244 g/mol. The first-order valence-electron chi connectivity index (χ1n) is 4.57. The molecule has 0 aromatic heterocycles. The van der Waals surface area contributed by atoms with Crippen molar-refractivity contribution in [1.29, 1.82) is 0 Å². The fourth-order valence-electron chi connectivity index (χ4n) is 1.01. The van der Waals surface area contributed by atoms with Crippen LogP contribution in [-0.2, 0) is 0 Å². The van der Waals surface area contributed by atoms with Crippen LogP contribution < -0.4 is 16.2 Å². The number of amides is 1. The van der Waals surface area contributed by atoms with E-state index in [0.717, 1.165) is 0 Å². The van der Waals surface area contributed by atoms with Crippen LogP contribution >= 0.6 is 12.2 Å². The highest BCUT2D eigenvalue weighted by atomic mass is 32.1. The molecule has 8 heteroatoms. The molecule has 0 saturated carbocycles. The molecule has 3 N–H and O–H groups in total. The zero-order valence-electron chi connectivity index (χ0n) is 8.89. The second-order valence-electron chi connectivity index (χ2n) is 2.97. The van der Waals surface area contributed by atoms with Crippen molar-refractivity contribution < 1.29 is 9.72 Å². The van der Waals surface area contributed by atoms with Crippen molar-refractivity contribution in [3.05, 3.63) is 39.9 Å². The average molecular weight is 254 g/mol. The van der Waals surface area contributed by atoms with Gasteiger partial charge in [-0.1, -0.05) is 6.07 Å². The largest absolute Gasteiger partial charge is 0.364 e. The van der Waals surface area contributed by atoms with Crippen molar-refractivity contribution in [2.24, 2.45) is 0 Å². The van der Waals surface area contributed by atoms with Crippen LogP contribution in [0.15, 0.2) is 24.3 Å². The van der Waals surface area contributed by atoms with Gasteiger partial charge in [-0.2, -0.15) is 0 Å². The molecule has 1 rings (SSSR count). The van der Waals surface area contributed by atoms with Crippen molar-refractivity contribution in [3.8, 4) is 0 Å². The Kier molecular flexibility index (Phi) is 4.35. The molecule has 0 aliphatic rings. The first-order valence-corrected chi connectivity index (χ1v) is 4.98. The van der Waals surface area contributed by atoms with E-state index in [2.05, 4.69) is 16.2 Å².